The Morgan fingerprint density at radius 3 is 2.45 bits per heavy atom. The molecular weight excluding hydrogens is 246 g/mol. The van der Waals surface area contributed by atoms with Crippen molar-refractivity contribution in [3.05, 3.63) is 29.8 Å². The van der Waals surface area contributed by atoms with Crippen LogP contribution in [0.2, 0.25) is 0 Å². The maximum Gasteiger partial charge on any atom is 0.118 e. The van der Waals surface area contributed by atoms with E-state index in [2.05, 4.69) is 36.5 Å². The molecule has 1 unspecified atom stereocenters. The van der Waals surface area contributed by atoms with Crippen LogP contribution in [0.3, 0.4) is 0 Å². The first-order valence-corrected chi connectivity index (χ1v) is 8.14. The molecule has 2 aliphatic carbocycles. The van der Waals surface area contributed by atoms with Crippen LogP contribution in [0.5, 0.6) is 5.75 Å². The van der Waals surface area contributed by atoms with Gasteiger partial charge in [-0.15, -0.1) is 0 Å². The van der Waals surface area contributed by atoms with Crippen molar-refractivity contribution in [2.45, 2.75) is 51.5 Å². The van der Waals surface area contributed by atoms with Gasteiger partial charge >= 0.3 is 0 Å². The fourth-order valence-corrected chi connectivity index (χ4v) is 3.35. The van der Waals surface area contributed by atoms with Gasteiger partial charge in [0.15, 0.2) is 0 Å². The van der Waals surface area contributed by atoms with Gasteiger partial charge in [0, 0.05) is 12.6 Å². The Kier molecular flexibility index (Phi) is 4.02. The summed E-state index contributed by atoms with van der Waals surface area (Å²) in [5.74, 6) is 1.80. The normalized spacial score (nSPS) is 21.5. The zero-order valence-corrected chi connectivity index (χ0v) is 12.8. The molecule has 0 saturated heterocycles. The molecule has 0 radical (unpaired) electrons. The molecule has 0 spiro atoms. The van der Waals surface area contributed by atoms with Crippen LogP contribution in [0.25, 0.3) is 0 Å². The van der Waals surface area contributed by atoms with Crippen LogP contribution in [0.4, 0.5) is 0 Å². The molecule has 2 nitrogen and oxygen atoms in total. The highest BCUT2D eigenvalue weighted by Crippen LogP contribution is 2.50. The molecule has 1 aromatic carbocycles. The van der Waals surface area contributed by atoms with Crippen LogP contribution in [0.1, 0.15) is 57.1 Å². The van der Waals surface area contributed by atoms with Gasteiger partial charge in [0.2, 0.25) is 0 Å². The van der Waals surface area contributed by atoms with Crippen molar-refractivity contribution in [1.29, 1.82) is 0 Å². The molecule has 2 aliphatic rings. The standard InChI is InChI=1S/C18H27NO/c1-3-10-18(11-12-18)13-19-17(14-4-5-14)15-6-8-16(20-2)9-7-15/h6-9,14,17,19H,3-5,10-13H2,1-2H3. The molecule has 0 amide bonds. The van der Waals surface area contributed by atoms with Gasteiger partial charge in [0.05, 0.1) is 7.11 Å². The number of benzene rings is 1. The lowest BCUT2D eigenvalue weighted by atomic mass is 9.97. The highest BCUT2D eigenvalue weighted by molar-refractivity contribution is 5.30. The summed E-state index contributed by atoms with van der Waals surface area (Å²) in [4.78, 5) is 0. The highest BCUT2D eigenvalue weighted by atomic mass is 16.5. The number of hydrogen-bond acceptors (Lipinski definition) is 2. The molecule has 0 heterocycles. The first-order chi connectivity index (χ1) is 9.76. The summed E-state index contributed by atoms with van der Waals surface area (Å²) in [5, 5.41) is 3.88. The van der Waals surface area contributed by atoms with Gasteiger partial charge in [-0.25, -0.2) is 0 Å². The third kappa shape index (κ3) is 3.17. The summed E-state index contributed by atoms with van der Waals surface area (Å²) in [6.07, 6.45) is 8.31. The van der Waals surface area contributed by atoms with E-state index in [1.807, 2.05) is 0 Å². The van der Waals surface area contributed by atoms with E-state index in [-0.39, 0.29) is 0 Å². The van der Waals surface area contributed by atoms with Crippen molar-refractivity contribution in [2.24, 2.45) is 11.3 Å². The van der Waals surface area contributed by atoms with Crippen molar-refractivity contribution in [1.82, 2.24) is 5.32 Å². The minimum atomic E-state index is 0.551. The summed E-state index contributed by atoms with van der Waals surface area (Å²) in [6, 6.07) is 9.19. The number of nitrogens with one attached hydrogen (secondary N) is 1. The molecule has 1 atom stereocenters. The lowest BCUT2D eigenvalue weighted by Crippen LogP contribution is -2.29. The minimum Gasteiger partial charge on any atom is -0.497 e. The van der Waals surface area contributed by atoms with E-state index in [9.17, 15) is 0 Å². The first-order valence-electron chi connectivity index (χ1n) is 8.14. The predicted molar refractivity (Wildman–Crippen MR) is 83.0 cm³/mol. The second-order valence-electron chi connectivity index (χ2n) is 6.72. The fourth-order valence-electron chi connectivity index (χ4n) is 3.35. The Balaban J connectivity index is 1.63. The second-order valence-corrected chi connectivity index (χ2v) is 6.72. The summed E-state index contributed by atoms with van der Waals surface area (Å²) in [5.41, 5.74) is 2.06. The van der Waals surface area contributed by atoms with Crippen LogP contribution in [0.15, 0.2) is 24.3 Å². The van der Waals surface area contributed by atoms with Gasteiger partial charge in [0.1, 0.15) is 5.75 Å². The van der Waals surface area contributed by atoms with E-state index in [0.29, 0.717) is 11.5 Å². The molecular formula is C18H27NO. The monoisotopic (exact) mass is 273 g/mol. The van der Waals surface area contributed by atoms with E-state index in [1.165, 1.54) is 50.6 Å². The van der Waals surface area contributed by atoms with Crippen molar-refractivity contribution < 1.29 is 4.74 Å². The molecule has 1 N–H and O–H groups in total. The fraction of sp³-hybridized carbons (Fsp3) is 0.667. The average Bonchev–Trinajstić information content (AvgIpc) is 3.37. The summed E-state index contributed by atoms with van der Waals surface area (Å²) >= 11 is 0. The molecule has 2 fully saturated rings. The minimum absolute atomic E-state index is 0.551. The maximum atomic E-state index is 5.26. The predicted octanol–water partition coefficient (Wildman–Crippen LogP) is 4.32. The van der Waals surface area contributed by atoms with Gasteiger partial charge in [-0.3, -0.25) is 0 Å². The SMILES string of the molecule is CCCC1(CNC(c2ccc(OC)cc2)C2CC2)CC1. The third-order valence-corrected chi connectivity index (χ3v) is 5.00. The number of hydrogen-bond donors (Lipinski definition) is 1. The smallest absolute Gasteiger partial charge is 0.118 e. The van der Waals surface area contributed by atoms with Gasteiger partial charge in [0.25, 0.3) is 0 Å². The van der Waals surface area contributed by atoms with E-state index < -0.39 is 0 Å². The van der Waals surface area contributed by atoms with Gasteiger partial charge < -0.3 is 10.1 Å². The van der Waals surface area contributed by atoms with Gasteiger partial charge in [-0.05, 0) is 61.1 Å². The average molecular weight is 273 g/mol. The Bertz CT molecular complexity index is 431. The molecule has 0 aliphatic heterocycles. The molecule has 0 aromatic heterocycles. The van der Waals surface area contributed by atoms with E-state index in [0.717, 1.165) is 11.7 Å². The van der Waals surface area contributed by atoms with Crippen molar-refractivity contribution >= 4 is 0 Å². The lowest BCUT2D eigenvalue weighted by Gasteiger charge is -2.23. The van der Waals surface area contributed by atoms with E-state index >= 15 is 0 Å². The highest BCUT2D eigenvalue weighted by Gasteiger charge is 2.42. The van der Waals surface area contributed by atoms with Crippen molar-refractivity contribution in [3.63, 3.8) is 0 Å². The van der Waals surface area contributed by atoms with Crippen LogP contribution in [-0.4, -0.2) is 13.7 Å². The third-order valence-electron chi connectivity index (χ3n) is 5.00. The Morgan fingerprint density at radius 1 is 1.25 bits per heavy atom. The summed E-state index contributed by atoms with van der Waals surface area (Å²) < 4.78 is 5.26. The molecule has 20 heavy (non-hydrogen) atoms. The van der Waals surface area contributed by atoms with Crippen molar-refractivity contribution in [3.8, 4) is 5.75 Å². The van der Waals surface area contributed by atoms with Crippen LogP contribution < -0.4 is 10.1 Å². The quantitative estimate of drug-likeness (QED) is 0.762. The summed E-state index contributed by atoms with van der Waals surface area (Å²) in [7, 11) is 1.73. The number of ether oxygens (including phenoxy) is 1. The number of methoxy groups -OCH3 is 1. The first kappa shape index (κ1) is 13.9. The number of rotatable bonds is 8. The summed E-state index contributed by atoms with van der Waals surface area (Å²) in [6.45, 7) is 3.51. The maximum absolute atomic E-state index is 5.26. The van der Waals surface area contributed by atoms with Crippen LogP contribution in [0, 0.1) is 11.3 Å². The largest absolute Gasteiger partial charge is 0.497 e. The molecule has 110 valence electrons. The van der Waals surface area contributed by atoms with Gasteiger partial charge in [-0.2, -0.15) is 0 Å². The topological polar surface area (TPSA) is 21.3 Å². The zero-order valence-electron chi connectivity index (χ0n) is 12.8. The van der Waals surface area contributed by atoms with Gasteiger partial charge in [-0.1, -0.05) is 25.5 Å². The lowest BCUT2D eigenvalue weighted by molar-refractivity contribution is 0.371. The Labute approximate surface area is 122 Å². The van der Waals surface area contributed by atoms with E-state index in [1.54, 1.807) is 7.11 Å². The van der Waals surface area contributed by atoms with Crippen LogP contribution >= 0.6 is 0 Å². The van der Waals surface area contributed by atoms with Crippen LogP contribution in [-0.2, 0) is 0 Å². The Morgan fingerprint density at radius 2 is 1.95 bits per heavy atom. The molecule has 2 saturated carbocycles. The molecule has 3 rings (SSSR count). The zero-order chi connectivity index (χ0) is 14.0. The molecule has 1 aromatic rings. The van der Waals surface area contributed by atoms with Crippen molar-refractivity contribution in [2.75, 3.05) is 13.7 Å². The second kappa shape index (κ2) is 5.77. The Hall–Kier alpha value is -1.02. The molecule has 0 bridgehead atoms. The molecule has 2 heteroatoms. The van der Waals surface area contributed by atoms with E-state index in [4.69, 9.17) is 4.74 Å².